The molecule has 0 unspecified atom stereocenters. The minimum atomic E-state index is 0.0715. The van der Waals surface area contributed by atoms with Gasteiger partial charge in [-0.2, -0.15) is 0 Å². The second kappa shape index (κ2) is 7.09. The van der Waals surface area contributed by atoms with Gasteiger partial charge in [-0.05, 0) is 22.9 Å². The number of thiophene rings is 1. The van der Waals surface area contributed by atoms with Gasteiger partial charge < -0.3 is 10.6 Å². The molecule has 22 heavy (non-hydrogen) atoms. The van der Waals surface area contributed by atoms with E-state index in [1.165, 1.54) is 10.8 Å². The van der Waals surface area contributed by atoms with Crippen LogP contribution in [0.4, 0.5) is 5.69 Å². The minimum absolute atomic E-state index is 0.0715. The Labute approximate surface area is 134 Å². The van der Waals surface area contributed by atoms with E-state index in [4.69, 9.17) is 0 Å². The number of nitrogens with one attached hydrogen (secondary N) is 2. The van der Waals surface area contributed by atoms with E-state index in [2.05, 4.69) is 34.9 Å². The standard InChI is InChI=1S/C18H18N2OS/c21-18(13-15-7-4-12-22-15)20-11-10-19-17-9-3-6-14-5-1-2-8-16(14)17/h1-9,12,19H,10-11,13H2,(H,20,21). The number of carbonyl (C=O) groups excluding carboxylic acids is 1. The van der Waals surface area contributed by atoms with Gasteiger partial charge in [0.25, 0.3) is 0 Å². The molecule has 0 aliphatic heterocycles. The summed E-state index contributed by atoms with van der Waals surface area (Å²) in [4.78, 5) is 12.9. The monoisotopic (exact) mass is 310 g/mol. The second-order valence-electron chi connectivity index (χ2n) is 5.06. The molecule has 2 aromatic carbocycles. The highest BCUT2D eigenvalue weighted by molar-refractivity contribution is 7.10. The van der Waals surface area contributed by atoms with Crippen LogP contribution < -0.4 is 10.6 Å². The predicted octanol–water partition coefficient (Wildman–Crippen LogP) is 3.67. The van der Waals surface area contributed by atoms with Crippen molar-refractivity contribution in [2.75, 3.05) is 18.4 Å². The second-order valence-corrected chi connectivity index (χ2v) is 6.09. The molecule has 0 aliphatic carbocycles. The van der Waals surface area contributed by atoms with E-state index < -0.39 is 0 Å². The van der Waals surface area contributed by atoms with Gasteiger partial charge in [0.05, 0.1) is 6.42 Å². The van der Waals surface area contributed by atoms with E-state index in [0.29, 0.717) is 19.5 Å². The fourth-order valence-electron chi connectivity index (χ4n) is 2.41. The number of fused-ring (bicyclic) bond motifs is 1. The SMILES string of the molecule is O=C(Cc1cccs1)NCCNc1cccc2ccccc12. The van der Waals surface area contributed by atoms with Crippen LogP contribution in [0.3, 0.4) is 0 Å². The van der Waals surface area contributed by atoms with Crippen LogP contribution >= 0.6 is 11.3 Å². The normalized spacial score (nSPS) is 10.5. The summed E-state index contributed by atoms with van der Waals surface area (Å²) < 4.78 is 0. The van der Waals surface area contributed by atoms with Crippen LogP contribution in [0.25, 0.3) is 10.8 Å². The lowest BCUT2D eigenvalue weighted by molar-refractivity contribution is -0.120. The molecule has 0 bridgehead atoms. The zero-order valence-corrected chi connectivity index (χ0v) is 13.0. The first-order chi connectivity index (χ1) is 10.8. The molecule has 3 aromatic rings. The summed E-state index contributed by atoms with van der Waals surface area (Å²) in [5, 5.41) is 10.7. The van der Waals surface area contributed by atoms with Crippen molar-refractivity contribution in [3.05, 3.63) is 64.9 Å². The number of benzene rings is 2. The van der Waals surface area contributed by atoms with Crippen LogP contribution in [0.15, 0.2) is 60.0 Å². The van der Waals surface area contributed by atoms with Crippen LogP contribution in [0.5, 0.6) is 0 Å². The summed E-state index contributed by atoms with van der Waals surface area (Å²) in [6.45, 7) is 1.33. The summed E-state index contributed by atoms with van der Waals surface area (Å²) in [5.74, 6) is 0.0715. The van der Waals surface area contributed by atoms with Gasteiger partial charge in [0, 0.05) is 29.0 Å². The molecule has 0 fully saturated rings. The minimum Gasteiger partial charge on any atom is -0.383 e. The Kier molecular flexibility index (Phi) is 4.71. The molecule has 0 aliphatic rings. The van der Waals surface area contributed by atoms with E-state index >= 15 is 0 Å². The van der Waals surface area contributed by atoms with Crippen molar-refractivity contribution in [3.8, 4) is 0 Å². The molecule has 0 atom stereocenters. The van der Waals surface area contributed by atoms with E-state index in [1.54, 1.807) is 11.3 Å². The van der Waals surface area contributed by atoms with Crippen molar-refractivity contribution in [3.63, 3.8) is 0 Å². The highest BCUT2D eigenvalue weighted by atomic mass is 32.1. The van der Waals surface area contributed by atoms with Crippen LogP contribution in [-0.2, 0) is 11.2 Å². The van der Waals surface area contributed by atoms with Crippen LogP contribution in [0.2, 0.25) is 0 Å². The van der Waals surface area contributed by atoms with Crippen molar-refractivity contribution in [1.29, 1.82) is 0 Å². The summed E-state index contributed by atoms with van der Waals surface area (Å²) in [6, 6.07) is 18.4. The summed E-state index contributed by atoms with van der Waals surface area (Å²) in [7, 11) is 0. The molecule has 0 saturated carbocycles. The molecular formula is C18H18N2OS. The number of amides is 1. The third kappa shape index (κ3) is 3.65. The molecule has 4 heteroatoms. The third-order valence-electron chi connectivity index (χ3n) is 3.47. The smallest absolute Gasteiger partial charge is 0.225 e. The lowest BCUT2D eigenvalue weighted by Crippen LogP contribution is -2.29. The van der Waals surface area contributed by atoms with E-state index in [1.807, 2.05) is 35.7 Å². The predicted molar refractivity (Wildman–Crippen MR) is 93.5 cm³/mol. The highest BCUT2D eigenvalue weighted by Crippen LogP contribution is 2.22. The van der Waals surface area contributed by atoms with Gasteiger partial charge in [-0.1, -0.05) is 42.5 Å². The van der Waals surface area contributed by atoms with Gasteiger partial charge in [0.15, 0.2) is 0 Å². The number of hydrogen-bond acceptors (Lipinski definition) is 3. The fourth-order valence-corrected chi connectivity index (χ4v) is 3.12. The largest absolute Gasteiger partial charge is 0.383 e. The van der Waals surface area contributed by atoms with Crippen molar-refractivity contribution in [2.24, 2.45) is 0 Å². The molecule has 1 aromatic heterocycles. The maximum absolute atomic E-state index is 11.8. The van der Waals surface area contributed by atoms with E-state index in [0.717, 1.165) is 10.6 Å². The summed E-state index contributed by atoms with van der Waals surface area (Å²) >= 11 is 1.61. The first kappa shape index (κ1) is 14.6. The average molecular weight is 310 g/mol. The van der Waals surface area contributed by atoms with Gasteiger partial charge in [0.1, 0.15) is 0 Å². The van der Waals surface area contributed by atoms with Gasteiger partial charge >= 0.3 is 0 Å². The molecule has 0 radical (unpaired) electrons. The topological polar surface area (TPSA) is 41.1 Å². The molecule has 0 saturated heterocycles. The maximum Gasteiger partial charge on any atom is 0.225 e. The Bertz CT molecular complexity index is 747. The van der Waals surface area contributed by atoms with Gasteiger partial charge in [-0.25, -0.2) is 0 Å². The van der Waals surface area contributed by atoms with Gasteiger partial charge in [-0.15, -0.1) is 11.3 Å². The Morgan fingerprint density at radius 1 is 0.955 bits per heavy atom. The first-order valence-corrected chi connectivity index (χ1v) is 8.21. The third-order valence-corrected chi connectivity index (χ3v) is 4.34. The molecule has 0 spiro atoms. The summed E-state index contributed by atoms with van der Waals surface area (Å²) in [5.41, 5.74) is 1.10. The fraction of sp³-hybridized carbons (Fsp3) is 0.167. The maximum atomic E-state index is 11.8. The molecule has 3 rings (SSSR count). The van der Waals surface area contributed by atoms with Crippen molar-refractivity contribution in [2.45, 2.75) is 6.42 Å². The average Bonchev–Trinajstić information content (AvgIpc) is 3.04. The van der Waals surface area contributed by atoms with Crippen LogP contribution in [0, 0.1) is 0 Å². The van der Waals surface area contributed by atoms with Gasteiger partial charge in [0.2, 0.25) is 5.91 Å². The summed E-state index contributed by atoms with van der Waals surface area (Å²) in [6.07, 6.45) is 0.464. The quantitative estimate of drug-likeness (QED) is 0.682. The molecule has 112 valence electrons. The number of hydrogen-bond donors (Lipinski definition) is 2. The first-order valence-electron chi connectivity index (χ1n) is 7.33. The molecule has 1 heterocycles. The zero-order valence-electron chi connectivity index (χ0n) is 12.2. The Morgan fingerprint density at radius 3 is 2.68 bits per heavy atom. The van der Waals surface area contributed by atoms with Crippen molar-refractivity contribution >= 4 is 33.7 Å². The van der Waals surface area contributed by atoms with Crippen LogP contribution in [0.1, 0.15) is 4.88 Å². The zero-order chi connectivity index (χ0) is 15.2. The van der Waals surface area contributed by atoms with Crippen molar-refractivity contribution in [1.82, 2.24) is 5.32 Å². The number of carbonyl (C=O) groups is 1. The van der Waals surface area contributed by atoms with Crippen LogP contribution in [-0.4, -0.2) is 19.0 Å². The van der Waals surface area contributed by atoms with E-state index in [9.17, 15) is 4.79 Å². The number of rotatable bonds is 6. The lowest BCUT2D eigenvalue weighted by Gasteiger charge is -2.10. The molecule has 2 N–H and O–H groups in total. The number of anilines is 1. The Morgan fingerprint density at radius 2 is 1.82 bits per heavy atom. The molecule has 1 amide bonds. The van der Waals surface area contributed by atoms with Gasteiger partial charge in [-0.3, -0.25) is 4.79 Å². The van der Waals surface area contributed by atoms with E-state index in [-0.39, 0.29) is 5.91 Å². The lowest BCUT2D eigenvalue weighted by atomic mass is 10.1. The molecule has 3 nitrogen and oxygen atoms in total. The Balaban J connectivity index is 1.49. The Hall–Kier alpha value is -2.33. The highest BCUT2D eigenvalue weighted by Gasteiger charge is 2.03. The molecular weight excluding hydrogens is 292 g/mol. The van der Waals surface area contributed by atoms with Crippen molar-refractivity contribution < 1.29 is 4.79 Å².